The summed E-state index contributed by atoms with van der Waals surface area (Å²) in [6.07, 6.45) is 2.31. The Labute approximate surface area is 121 Å². The predicted molar refractivity (Wildman–Crippen MR) is 81.3 cm³/mol. The summed E-state index contributed by atoms with van der Waals surface area (Å²) in [6, 6.07) is 0. The first kappa shape index (κ1) is 13.8. The lowest BCUT2D eigenvalue weighted by molar-refractivity contribution is 0.191. The molecule has 0 saturated heterocycles. The summed E-state index contributed by atoms with van der Waals surface area (Å²) in [7, 11) is 0. The first-order chi connectivity index (χ1) is 9.40. The minimum Gasteiger partial charge on any atom is -0.384 e. The van der Waals surface area contributed by atoms with E-state index in [1.54, 1.807) is 0 Å². The van der Waals surface area contributed by atoms with Gasteiger partial charge in [-0.2, -0.15) is 0 Å². The van der Waals surface area contributed by atoms with Crippen molar-refractivity contribution in [2.24, 2.45) is 0 Å². The van der Waals surface area contributed by atoms with Crippen molar-refractivity contribution < 1.29 is 10.2 Å². The van der Waals surface area contributed by atoms with Crippen molar-refractivity contribution in [1.82, 2.24) is 0 Å². The van der Waals surface area contributed by atoms with E-state index in [9.17, 15) is 10.2 Å². The van der Waals surface area contributed by atoms with Gasteiger partial charge < -0.3 is 10.2 Å². The molecule has 0 spiro atoms. The van der Waals surface area contributed by atoms with Crippen molar-refractivity contribution in [2.75, 3.05) is 0 Å². The predicted octanol–water partition coefficient (Wildman–Crippen LogP) is 3.58. The molecule has 2 N–H and O–H groups in total. The van der Waals surface area contributed by atoms with Crippen LogP contribution in [0.15, 0.2) is 44.6 Å². The Morgan fingerprint density at radius 2 is 0.750 bits per heavy atom. The summed E-state index contributed by atoms with van der Waals surface area (Å²) < 4.78 is 0. The molecular weight excluding hydrogens is 248 g/mol. The van der Waals surface area contributed by atoms with Gasteiger partial charge in [0.2, 0.25) is 0 Å². The van der Waals surface area contributed by atoms with E-state index >= 15 is 0 Å². The highest BCUT2D eigenvalue weighted by atomic mass is 16.3. The van der Waals surface area contributed by atoms with Crippen LogP contribution in [0.25, 0.3) is 0 Å². The summed E-state index contributed by atoms with van der Waals surface area (Å²) in [4.78, 5) is 0. The van der Waals surface area contributed by atoms with Crippen LogP contribution in [0.3, 0.4) is 0 Å². The average Bonchev–Trinajstić information content (AvgIpc) is 2.41. The molecule has 20 heavy (non-hydrogen) atoms. The highest BCUT2D eigenvalue weighted by Crippen LogP contribution is 2.46. The quantitative estimate of drug-likeness (QED) is 0.662. The van der Waals surface area contributed by atoms with Crippen LogP contribution >= 0.6 is 0 Å². The SMILES string of the molecule is CC1=C(C)CC2=C(C1)C(O)C1=C(CC(C)=C(C)C1)C2O. The third-order valence-corrected chi connectivity index (χ3v) is 5.42. The lowest BCUT2D eigenvalue weighted by Gasteiger charge is -2.39. The fraction of sp³-hybridized carbons (Fsp3) is 0.556. The Bertz CT molecular complexity index is 497. The van der Waals surface area contributed by atoms with E-state index in [2.05, 4.69) is 27.7 Å². The van der Waals surface area contributed by atoms with Crippen LogP contribution in [0.5, 0.6) is 0 Å². The van der Waals surface area contributed by atoms with Gasteiger partial charge in [0.15, 0.2) is 0 Å². The van der Waals surface area contributed by atoms with Crippen LogP contribution in [-0.4, -0.2) is 22.4 Å². The highest BCUT2D eigenvalue weighted by molar-refractivity contribution is 5.52. The van der Waals surface area contributed by atoms with Gasteiger partial charge in [-0.1, -0.05) is 22.3 Å². The number of hydrogen-bond acceptors (Lipinski definition) is 2. The van der Waals surface area contributed by atoms with Crippen LogP contribution in [0.2, 0.25) is 0 Å². The summed E-state index contributed by atoms with van der Waals surface area (Å²) in [6.45, 7) is 8.55. The number of aliphatic hydroxyl groups is 2. The monoisotopic (exact) mass is 272 g/mol. The number of allylic oxidation sites excluding steroid dienone is 4. The maximum absolute atomic E-state index is 10.8. The van der Waals surface area contributed by atoms with Crippen LogP contribution in [0.4, 0.5) is 0 Å². The largest absolute Gasteiger partial charge is 0.384 e. The Morgan fingerprint density at radius 3 is 0.950 bits per heavy atom. The minimum absolute atomic E-state index is 0.477. The van der Waals surface area contributed by atoms with E-state index in [-0.39, 0.29) is 0 Å². The van der Waals surface area contributed by atoms with Gasteiger partial charge in [-0.25, -0.2) is 0 Å². The van der Waals surface area contributed by atoms with Crippen molar-refractivity contribution in [1.29, 1.82) is 0 Å². The Kier molecular flexibility index (Phi) is 3.26. The van der Waals surface area contributed by atoms with E-state index in [0.29, 0.717) is 0 Å². The molecule has 0 aromatic heterocycles. The first-order valence-electron chi connectivity index (χ1n) is 7.50. The summed E-state index contributed by atoms with van der Waals surface area (Å²) >= 11 is 0. The van der Waals surface area contributed by atoms with Crippen LogP contribution in [-0.2, 0) is 0 Å². The van der Waals surface area contributed by atoms with Crippen LogP contribution in [0, 0.1) is 0 Å². The fourth-order valence-corrected chi connectivity index (χ4v) is 3.71. The maximum atomic E-state index is 10.8. The molecule has 0 fully saturated rings. The molecule has 0 unspecified atom stereocenters. The van der Waals surface area contributed by atoms with Crippen molar-refractivity contribution in [3.63, 3.8) is 0 Å². The fourth-order valence-electron chi connectivity index (χ4n) is 3.71. The molecule has 0 heterocycles. The van der Waals surface area contributed by atoms with Crippen molar-refractivity contribution in [3.05, 3.63) is 44.6 Å². The van der Waals surface area contributed by atoms with Gasteiger partial charge in [-0.3, -0.25) is 0 Å². The molecule has 3 aliphatic rings. The van der Waals surface area contributed by atoms with Crippen molar-refractivity contribution >= 4 is 0 Å². The van der Waals surface area contributed by atoms with Gasteiger partial charge in [-0.15, -0.1) is 0 Å². The second kappa shape index (κ2) is 4.71. The summed E-state index contributed by atoms with van der Waals surface area (Å²) in [5, 5.41) is 21.5. The zero-order chi connectivity index (χ0) is 14.6. The van der Waals surface area contributed by atoms with Gasteiger partial charge in [0.1, 0.15) is 0 Å². The maximum Gasteiger partial charge on any atom is 0.0974 e. The van der Waals surface area contributed by atoms with Gasteiger partial charge >= 0.3 is 0 Å². The molecule has 0 bridgehead atoms. The minimum atomic E-state index is -0.477. The smallest absolute Gasteiger partial charge is 0.0974 e. The third kappa shape index (κ3) is 1.94. The van der Waals surface area contributed by atoms with E-state index in [4.69, 9.17) is 0 Å². The Balaban J connectivity index is 1.99. The second-order valence-corrected chi connectivity index (χ2v) is 6.73. The van der Waals surface area contributed by atoms with Crippen molar-refractivity contribution in [2.45, 2.75) is 65.6 Å². The second-order valence-electron chi connectivity index (χ2n) is 6.73. The van der Waals surface area contributed by atoms with Gasteiger partial charge in [-0.05, 0) is 75.7 Å². The molecule has 0 aliphatic heterocycles. The molecular formula is C18H24O2. The Morgan fingerprint density at radius 1 is 0.550 bits per heavy atom. The Hall–Kier alpha value is -1.12. The number of hydrogen-bond donors (Lipinski definition) is 2. The van der Waals surface area contributed by atoms with E-state index in [0.717, 1.165) is 48.0 Å². The highest BCUT2D eigenvalue weighted by Gasteiger charge is 2.37. The van der Waals surface area contributed by atoms with Crippen molar-refractivity contribution in [3.8, 4) is 0 Å². The molecule has 2 nitrogen and oxygen atoms in total. The molecule has 0 atom stereocenters. The molecule has 0 saturated carbocycles. The van der Waals surface area contributed by atoms with Gasteiger partial charge in [0, 0.05) is 0 Å². The molecule has 0 radical (unpaired) electrons. The van der Waals surface area contributed by atoms with E-state index in [1.807, 2.05) is 0 Å². The standard InChI is InChI=1S/C18H24O2/c1-9-5-13-14(6-10(9)2)18(20)16-8-12(4)11(3)7-15(16)17(13)19/h17-20H,5-8H2,1-4H3. The van der Waals surface area contributed by atoms with Gasteiger partial charge in [0.25, 0.3) is 0 Å². The lowest BCUT2D eigenvalue weighted by Crippen LogP contribution is -2.34. The van der Waals surface area contributed by atoms with E-state index < -0.39 is 12.2 Å². The van der Waals surface area contributed by atoms with Gasteiger partial charge in [0.05, 0.1) is 12.2 Å². The number of aliphatic hydroxyl groups excluding tert-OH is 2. The summed E-state index contributed by atoms with van der Waals surface area (Å²) in [5.74, 6) is 0. The third-order valence-electron chi connectivity index (χ3n) is 5.42. The molecule has 2 heteroatoms. The zero-order valence-corrected chi connectivity index (χ0v) is 12.9. The first-order valence-corrected chi connectivity index (χ1v) is 7.50. The van der Waals surface area contributed by atoms with E-state index in [1.165, 1.54) is 22.3 Å². The molecule has 0 amide bonds. The molecule has 0 aromatic rings. The normalized spacial score (nSPS) is 30.9. The molecule has 108 valence electrons. The average molecular weight is 272 g/mol. The lowest BCUT2D eigenvalue weighted by atomic mass is 9.70. The number of rotatable bonds is 0. The molecule has 3 aliphatic carbocycles. The topological polar surface area (TPSA) is 40.5 Å². The van der Waals surface area contributed by atoms with Crippen LogP contribution < -0.4 is 0 Å². The zero-order valence-electron chi connectivity index (χ0n) is 12.9. The molecule has 3 rings (SSSR count). The summed E-state index contributed by atoms with van der Waals surface area (Å²) in [5.41, 5.74) is 9.63. The van der Waals surface area contributed by atoms with Crippen LogP contribution in [0.1, 0.15) is 53.4 Å². The molecule has 0 aromatic carbocycles.